The summed E-state index contributed by atoms with van der Waals surface area (Å²) in [5, 5.41) is 5.61. The minimum absolute atomic E-state index is 0.119. The molecule has 0 fully saturated rings. The van der Waals surface area contributed by atoms with Gasteiger partial charge in [0.1, 0.15) is 22.6 Å². The SMILES string of the molecule is Cc1nc(C(C)(C)C)c2c(n1)c1oc(C(C)C)cc1c1ccnn12. The van der Waals surface area contributed by atoms with E-state index in [1.54, 1.807) is 0 Å². The summed E-state index contributed by atoms with van der Waals surface area (Å²) in [6, 6.07) is 4.14. The van der Waals surface area contributed by atoms with Crippen molar-refractivity contribution < 1.29 is 4.42 Å². The summed E-state index contributed by atoms with van der Waals surface area (Å²) in [6.45, 7) is 12.7. The minimum atomic E-state index is -0.119. The van der Waals surface area contributed by atoms with Gasteiger partial charge in [0.15, 0.2) is 5.58 Å². The molecule has 4 aromatic rings. The molecule has 5 heteroatoms. The molecule has 0 bridgehead atoms. The molecule has 0 aliphatic rings. The molecule has 0 radical (unpaired) electrons. The van der Waals surface area contributed by atoms with Crippen LogP contribution in [0.5, 0.6) is 0 Å². The average Bonchev–Trinajstić information content (AvgIpc) is 3.11. The first-order chi connectivity index (χ1) is 11.3. The molecule has 5 nitrogen and oxygen atoms in total. The van der Waals surface area contributed by atoms with Crippen LogP contribution in [0, 0.1) is 6.92 Å². The molecule has 0 unspecified atom stereocenters. The third-order valence-corrected chi connectivity index (χ3v) is 4.37. The van der Waals surface area contributed by atoms with Crippen LogP contribution in [0.2, 0.25) is 0 Å². The Bertz CT molecular complexity index is 1080. The van der Waals surface area contributed by atoms with Gasteiger partial charge < -0.3 is 4.42 Å². The van der Waals surface area contributed by atoms with E-state index in [1.165, 1.54) is 0 Å². The molecule has 4 rings (SSSR count). The lowest BCUT2D eigenvalue weighted by atomic mass is 9.90. The highest BCUT2D eigenvalue weighted by Gasteiger charge is 2.25. The lowest BCUT2D eigenvalue weighted by molar-refractivity contribution is 0.523. The molecule has 0 atom stereocenters. The number of furan rings is 1. The van der Waals surface area contributed by atoms with Gasteiger partial charge >= 0.3 is 0 Å². The Balaban J connectivity index is 2.31. The van der Waals surface area contributed by atoms with E-state index in [0.29, 0.717) is 5.92 Å². The Morgan fingerprint density at radius 1 is 1.17 bits per heavy atom. The van der Waals surface area contributed by atoms with Gasteiger partial charge in [0.05, 0.1) is 17.4 Å². The van der Waals surface area contributed by atoms with Gasteiger partial charge in [0, 0.05) is 16.7 Å². The minimum Gasteiger partial charge on any atom is -0.458 e. The van der Waals surface area contributed by atoms with Crippen molar-refractivity contribution >= 4 is 27.5 Å². The first-order valence-electron chi connectivity index (χ1n) is 8.35. The van der Waals surface area contributed by atoms with Crippen LogP contribution < -0.4 is 0 Å². The van der Waals surface area contributed by atoms with E-state index < -0.39 is 0 Å². The van der Waals surface area contributed by atoms with Gasteiger partial charge in [-0.2, -0.15) is 5.10 Å². The second-order valence-electron chi connectivity index (χ2n) is 7.74. The number of fused-ring (bicyclic) bond motifs is 6. The number of hydrogen-bond acceptors (Lipinski definition) is 4. The number of aryl methyl sites for hydroxylation is 1. The van der Waals surface area contributed by atoms with Gasteiger partial charge in [-0.3, -0.25) is 0 Å². The number of nitrogens with zero attached hydrogens (tertiary/aromatic N) is 4. The van der Waals surface area contributed by atoms with Crippen LogP contribution in [0.1, 0.15) is 57.8 Å². The number of hydrogen-bond donors (Lipinski definition) is 0. The Hall–Kier alpha value is -2.43. The van der Waals surface area contributed by atoms with Crippen molar-refractivity contribution in [3.8, 4) is 0 Å². The van der Waals surface area contributed by atoms with Crippen molar-refractivity contribution in [2.24, 2.45) is 0 Å². The molecule has 0 N–H and O–H groups in total. The van der Waals surface area contributed by atoms with Crippen molar-refractivity contribution in [3.63, 3.8) is 0 Å². The fourth-order valence-electron chi connectivity index (χ4n) is 3.19. The number of pyridine rings is 1. The highest BCUT2D eigenvalue weighted by atomic mass is 16.3. The Labute approximate surface area is 140 Å². The fourth-order valence-corrected chi connectivity index (χ4v) is 3.19. The molecule has 0 saturated carbocycles. The van der Waals surface area contributed by atoms with Gasteiger partial charge in [0.25, 0.3) is 0 Å². The van der Waals surface area contributed by atoms with Crippen molar-refractivity contribution in [2.45, 2.75) is 52.9 Å². The quantitative estimate of drug-likeness (QED) is 0.507. The van der Waals surface area contributed by atoms with E-state index in [-0.39, 0.29) is 5.41 Å². The standard InChI is InChI=1S/C19H22N4O/c1-10(2)14-9-12-13-7-8-20-23(13)16-15(17(12)24-14)21-11(3)22-18(16)19(4,5)6/h7-10H,1-6H3. The Morgan fingerprint density at radius 2 is 1.92 bits per heavy atom. The maximum absolute atomic E-state index is 6.21. The predicted octanol–water partition coefficient (Wildman–Crippen LogP) is 4.75. The molecule has 0 amide bonds. The third-order valence-electron chi connectivity index (χ3n) is 4.37. The molecular weight excluding hydrogens is 300 g/mol. The van der Waals surface area contributed by atoms with E-state index in [2.05, 4.69) is 45.8 Å². The van der Waals surface area contributed by atoms with Gasteiger partial charge in [0.2, 0.25) is 0 Å². The van der Waals surface area contributed by atoms with Crippen LogP contribution in [0.3, 0.4) is 0 Å². The second-order valence-corrected chi connectivity index (χ2v) is 7.74. The third kappa shape index (κ3) is 2.04. The second kappa shape index (κ2) is 4.79. The topological polar surface area (TPSA) is 56.2 Å². The molecule has 4 heterocycles. The molecule has 0 spiro atoms. The monoisotopic (exact) mass is 322 g/mol. The van der Waals surface area contributed by atoms with Crippen LogP contribution in [0.15, 0.2) is 22.7 Å². The van der Waals surface area contributed by atoms with Crippen LogP contribution in [-0.4, -0.2) is 19.6 Å². The highest BCUT2D eigenvalue weighted by molar-refractivity contribution is 6.08. The van der Waals surface area contributed by atoms with Crippen LogP contribution in [0.4, 0.5) is 0 Å². The first kappa shape index (κ1) is 15.1. The lowest BCUT2D eigenvalue weighted by Gasteiger charge is -2.20. The summed E-state index contributed by atoms with van der Waals surface area (Å²) < 4.78 is 8.17. The maximum Gasteiger partial charge on any atom is 0.164 e. The molecule has 0 aliphatic carbocycles. The van der Waals surface area contributed by atoms with E-state index in [0.717, 1.165) is 44.8 Å². The zero-order valence-electron chi connectivity index (χ0n) is 15.0. The molecule has 124 valence electrons. The Morgan fingerprint density at radius 3 is 2.58 bits per heavy atom. The van der Waals surface area contributed by atoms with Gasteiger partial charge in [-0.1, -0.05) is 34.6 Å². The summed E-state index contributed by atoms with van der Waals surface area (Å²) in [5.74, 6) is 2.04. The average molecular weight is 322 g/mol. The predicted molar refractivity (Wildman–Crippen MR) is 95.6 cm³/mol. The van der Waals surface area contributed by atoms with E-state index in [1.807, 2.05) is 23.7 Å². The van der Waals surface area contributed by atoms with E-state index in [9.17, 15) is 0 Å². The smallest absolute Gasteiger partial charge is 0.164 e. The van der Waals surface area contributed by atoms with Crippen molar-refractivity contribution in [1.29, 1.82) is 0 Å². The maximum atomic E-state index is 6.21. The molecule has 0 saturated heterocycles. The largest absolute Gasteiger partial charge is 0.458 e. The van der Waals surface area contributed by atoms with Crippen molar-refractivity contribution in [3.05, 3.63) is 35.6 Å². The van der Waals surface area contributed by atoms with E-state index >= 15 is 0 Å². The van der Waals surface area contributed by atoms with Gasteiger partial charge in [-0.25, -0.2) is 14.5 Å². The van der Waals surface area contributed by atoms with Crippen LogP contribution in [-0.2, 0) is 5.41 Å². The normalized spacial score (nSPS) is 13.0. The molecule has 4 aromatic heterocycles. The Kier molecular flexibility index (Phi) is 3.02. The summed E-state index contributed by atoms with van der Waals surface area (Å²) in [5.41, 5.74) is 4.51. The van der Waals surface area contributed by atoms with Crippen molar-refractivity contribution in [2.75, 3.05) is 0 Å². The van der Waals surface area contributed by atoms with Gasteiger partial charge in [-0.15, -0.1) is 0 Å². The summed E-state index contributed by atoms with van der Waals surface area (Å²) in [6.07, 6.45) is 1.82. The van der Waals surface area contributed by atoms with Crippen molar-refractivity contribution in [1.82, 2.24) is 19.6 Å². The molecule has 0 aliphatic heterocycles. The zero-order chi connectivity index (χ0) is 17.2. The molecule has 0 aromatic carbocycles. The summed E-state index contributed by atoms with van der Waals surface area (Å²) in [4.78, 5) is 9.45. The van der Waals surface area contributed by atoms with Gasteiger partial charge in [-0.05, 0) is 19.1 Å². The number of aromatic nitrogens is 4. The fraction of sp³-hybridized carbons (Fsp3) is 0.421. The first-order valence-corrected chi connectivity index (χ1v) is 8.35. The lowest BCUT2D eigenvalue weighted by Crippen LogP contribution is -2.17. The molecule has 24 heavy (non-hydrogen) atoms. The van der Waals surface area contributed by atoms with Crippen LogP contribution in [0.25, 0.3) is 27.5 Å². The highest BCUT2D eigenvalue weighted by Crippen LogP contribution is 2.36. The van der Waals surface area contributed by atoms with E-state index in [4.69, 9.17) is 14.4 Å². The zero-order valence-corrected chi connectivity index (χ0v) is 15.0. The number of rotatable bonds is 1. The summed E-state index contributed by atoms with van der Waals surface area (Å²) >= 11 is 0. The molecular formula is C19H22N4O. The summed E-state index contributed by atoms with van der Waals surface area (Å²) in [7, 11) is 0. The van der Waals surface area contributed by atoms with Crippen LogP contribution >= 0.6 is 0 Å².